The molecule has 5 aromatic rings. The summed E-state index contributed by atoms with van der Waals surface area (Å²) in [6.45, 7) is -0.253. The largest absolute Gasteiger partial charge is 0.301 e. The van der Waals surface area contributed by atoms with Crippen LogP contribution in [-0.4, -0.2) is 24.3 Å². The number of benzene rings is 2. The normalized spacial score (nSPS) is 11.4. The standard InChI is InChI=1S/C22H15F2N5O/c1-28-11-15-14(3-2-4-19(15)27-28)13-7-17(23)16(18(24)8-13)12-29-21-5-6-25-9-20(21)26-10-22(29)30/h2-11H,12H2,1H3. The second-order valence-corrected chi connectivity index (χ2v) is 7.01. The molecular weight excluding hydrogens is 388 g/mol. The number of pyridine rings is 1. The van der Waals surface area contributed by atoms with E-state index in [9.17, 15) is 4.79 Å². The summed E-state index contributed by atoms with van der Waals surface area (Å²) in [5, 5.41) is 5.14. The van der Waals surface area contributed by atoms with Crippen molar-refractivity contribution < 1.29 is 8.78 Å². The van der Waals surface area contributed by atoms with Gasteiger partial charge in [0.25, 0.3) is 5.56 Å². The third-order valence-corrected chi connectivity index (χ3v) is 5.08. The average Bonchev–Trinajstić information content (AvgIpc) is 3.12. The van der Waals surface area contributed by atoms with Gasteiger partial charge in [-0.25, -0.2) is 13.8 Å². The summed E-state index contributed by atoms with van der Waals surface area (Å²) in [7, 11) is 1.79. The topological polar surface area (TPSA) is 65.6 Å². The van der Waals surface area contributed by atoms with Crippen molar-refractivity contribution in [2.75, 3.05) is 0 Å². The molecule has 6 nitrogen and oxygen atoms in total. The number of halogens is 2. The van der Waals surface area contributed by atoms with E-state index in [0.717, 1.165) is 17.1 Å². The van der Waals surface area contributed by atoms with Crippen molar-refractivity contribution in [3.05, 3.63) is 88.7 Å². The smallest absolute Gasteiger partial charge is 0.269 e. The van der Waals surface area contributed by atoms with Gasteiger partial charge in [0.2, 0.25) is 0 Å². The Kier molecular flexibility index (Phi) is 4.13. The van der Waals surface area contributed by atoms with Crippen LogP contribution in [0.4, 0.5) is 8.78 Å². The van der Waals surface area contributed by atoms with E-state index in [1.807, 2.05) is 12.3 Å². The van der Waals surface area contributed by atoms with Crippen molar-refractivity contribution in [3.8, 4) is 11.1 Å². The van der Waals surface area contributed by atoms with Crippen molar-refractivity contribution in [3.63, 3.8) is 0 Å². The Morgan fingerprint density at radius 3 is 2.63 bits per heavy atom. The van der Waals surface area contributed by atoms with E-state index in [-0.39, 0.29) is 12.1 Å². The fraction of sp³-hybridized carbons (Fsp3) is 0.0909. The number of fused-ring (bicyclic) bond motifs is 2. The maximum atomic E-state index is 15.0. The van der Waals surface area contributed by atoms with E-state index < -0.39 is 17.2 Å². The number of rotatable bonds is 3. The molecule has 0 bridgehead atoms. The third kappa shape index (κ3) is 2.93. The first-order valence-electron chi connectivity index (χ1n) is 9.21. The lowest BCUT2D eigenvalue weighted by atomic mass is 10.00. The number of aryl methyl sites for hydroxylation is 1. The zero-order valence-electron chi connectivity index (χ0n) is 15.9. The molecule has 0 amide bonds. The molecule has 0 aliphatic rings. The maximum absolute atomic E-state index is 15.0. The van der Waals surface area contributed by atoms with E-state index in [1.165, 1.54) is 29.1 Å². The Balaban J connectivity index is 1.63. The average molecular weight is 403 g/mol. The molecule has 2 aromatic carbocycles. The molecule has 0 radical (unpaired) electrons. The molecule has 5 rings (SSSR count). The Morgan fingerprint density at radius 2 is 1.83 bits per heavy atom. The molecule has 3 heterocycles. The summed E-state index contributed by atoms with van der Waals surface area (Å²) in [6.07, 6.45) is 5.93. The highest BCUT2D eigenvalue weighted by Crippen LogP contribution is 2.30. The highest BCUT2D eigenvalue weighted by molar-refractivity contribution is 5.94. The fourth-order valence-electron chi connectivity index (χ4n) is 3.66. The van der Waals surface area contributed by atoms with Crippen molar-refractivity contribution in [1.29, 1.82) is 0 Å². The van der Waals surface area contributed by atoms with Crippen LogP contribution < -0.4 is 5.56 Å². The maximum Gasteiger partial charge on any atom is 0.269 e. The molecule has 0 aliphatic carbocycles. The van der Waals surface area contributed by atoms with Gasteiger partial charge in [0.05, 0.1) is 30.0 Å². The molecule has 0 spiro atoms. The molecule has 0 unspecified atom stereocenters. The Labute approximate surface area is 169 Å². The zero-order chi connectivity index (χ0) is 20.8. The van der Waals surface area contributed by atoms with Crippen molar-refractivity contribution in [2.45, 2.75) is 6.54 Å². The van der Waals surface area contributed by atoms with Crippen LogP contribution in [0.15, 0.2) is 66.0 Å². The second-order valence-electron chi connectivity index (χ2n) is 7.01. The van der Waals surface area contributed by atoms with Crippen LogP contribution in [0.1, 0.15) is 5.56 Å². The SMILES string of the molecule is Cn1cc2c(-c3cc(F)c(Cn4c(=O)cnc5cnccc54)c(F)c3)cccc2n1. The zero-order valence-corrected chi connectivity index (χ0v) is 15.9. The molecule has 3 aromatic heterocycles. The van der Waals surface area contributed by atoms with Gasteiger partial charge in [-0.15, -0.1) is 0 Å². The summed E-state index contributed by atoms with van der Waals surface area (Å²) in [5.41, 5.74) is 2.12. The van der Waals surface area contributed by atoms with Gasteiger partial charge in [-0.1, -0.05) is 12.1 Å². The summed E-state index contributed by atoms with van der Waals surface area (Å²) >= 11 is 0. The van der Waals surface area contributed by atoms with Gasteiger partial charge >= 0.3 is 0 Å². The van der Waals surface area contributed by atoms with E-state index in [1.54, 1.807) is 29.9 Å². The minimum absolute atomic E-state index is 0.191. The summed E-state index contributed by atoms with van der Waals surface area (Å²) in [5.74, 6) is -1.45. The lowest BCUT2D eigenvalue weighted by Gasteiger charge is -2.12. The summed E-state index contributed by atoms with van der Waals surface area (Å²) < 4.78 is 33.0. The first-order chi connectivity index (χ1) is 14.5. The molecule has 0 atom stereocenters. The van der Waals surface area contributed by atoms with Gasteiger partial charge in [-0.3, -0.25) is 14.5 Å². The lowest BCUT2D eigenvalue weighted by Crippen LogP contribution is -2.22. The van der Waals surface area contributed by atoms with Gasteiger partial charge in [-0.05, 0) is 35.4 Å². The Bertz CT molecular complexity index is 1470. The van der Waals surface area contributed by atoms with Crippen LogP contribution in [0.5, 0.6) is 0 Å². The number of nitrogens with zero attached hydrogens (tertiary/aromatic N) is 5. The van der Waals surface area contributed by atoms with Gasteiger partial charge < -0.3 is 4.57 Å². The molecule has 0 aliphatic heterocycles. The molecule has 8 heteroatoms. The first-order valence-corrected chi connectivity index (χ1v) is 9.21. The highest BCUT2D eigenvalue weighted by Gasteiger charge is 2.16. The van der Waals surface area contributed by atoms with Crippen LogP contribution >= 0.6 is 0 Å². The van der Waals surface area contributed by atoms with Crippen LogP contribution in [0, 0.1) is 11.6 Å². The Morgan fingerprint density at radius 1 is 1.03 bits per heavy atom. The Hall–Kier alpha value is -3.94. The summed E-state index contributed by atoms with van der Waals surface area (Å²) in [4.78, 5) is 20.3. The predicted octanol–water partition coefficient (Wildman–Crippen LogP) is 3.67. The monoisotopic (exact) mass is 403 g/mol. The molecular formula is C22H15F2N5O. The third-order valence-electron chi connectivity index (χ3n) is 5.08. The first kappa shape index (κ1) is 18.1. The highest BCUT2D eigenvalue weighted by atomic mass is 19.1. The molecule has 0 fully saturated rings. The van der Waals surface area contributed by atoms with Crippen LogP contribution in [0.2, 0.25) is 0 Å². The van der Waals surface area contributed by atoms with E-state index in [2.05, 4.69) is 15.1 Å². The fourth-order valence-corrected chi connectivity index (χ4v) is 3.66. The van der Waals surface area contributed by atoms with Crippen LogP contribution in [0.25, 0.3) is 33.1 Å². The number of hydrogen-bond donors (Lipinski definition) is 0. The number of hydrogen-bond acceptors (Lipinski definition) is 4. The van der Waals surface area contributed by atoms with E-state index >= 15 is 8.78 Å². The number of aromatic nitrogens is 5. The predicted molar refractivity (Wildman–Crippen MR) is 109 cm³/mol. The van der Waals surface area contributed by atoms with Gasteiger partial charge in [0, 0.05) is 30.4 Å². The quantitative estimate of drug-likeness (QED) is 0.461. The molecule has 0 saturated heterocycles. The van der Waals surface area contributed by atoms with E-state index in [0.29, 0.717) is 22.2 Å². The minimum atomic E-state index is -0.725. The summed E-state index contributed by atoms with van der Waals surface area (Å²) in [6, 6.07) is 9.61. The van der Waals surface area contributed by atoms with Gasteiger partial charge in [-0.2, -0.15) is 5.10 Å². The van der Waals surface area contributed by atoms with Crippen molar-refractivity contribution in [1.82, 2.24) is 24.3 Å². The lowest BCUT2D eigenvalue weighted by molar-refractivity contribution is 0.545. The van der Waals surface area contributed by atoms with Crippen molar-refractivity contribution >= 4 is 21.9 Å². The molecule has 30 heavy (non-hydrogen) atoms. The van der Waals surface area contributed by atoms with Gasteiger partial charge in [0.15, 0.2) is 0 Å². The van der Waals surface area contributed by atoms with Crippen LogP contribution in [-0.2, 0) is 13.6 Å². The van der Waals surface area contributed by atoms with Crippen molar-refractivity contribution in [2.24, 2.45) is 7.05 Å². The molecule has 148 valence electrons. The van der Waals surface area contributed by atoms with Crippen LogP contribution in [0.3, 0.4) is 0 Å². The van der Waals surface area contributed by atoms with Gasteiger partial charge in [0.1, 0.15) is 17.2 Å². The second kappa shape index (κ2) is 6.84. The molecule has 0 N–H and O–H groups in total. The molecule has 0 saturated carbocycles. The van der Waals surface area contributed by atoms with E-state index in [4.69, 9.17) is 0 Å². The minimum Gasteiger partial charge on any atom is -0.301 e.